The molecule has 0 radical (unpaired) electrons. The Morgan fingerprint density at radius 1 is 0.966 bits per heavy atom. The maximum atomic E-state index is 12.9. The highest BCUT2D eigenvalue weighted by Crippen LogP contribution is 2.31. The maximum absolute atomic E-state index is 12.9. The number of hydrogen-bond donors (Lipinski definition) is 1. The van der Waals surface area contributed by atoms with Gasteiger partial charge in [-0.3, -0.25) is 4.79 Å². The molecule has 0 bridgehead atoms. The van der Waals surface area contributed by atoms with Gasteiger partial charge in [-0.25, -0.2) is 0 Å². The van der Waals surface area contributed by atoms with E-state index in [1.165, 1.54) is 12.1 Å². The number of carbonyl (C=O) groups is 1. The molecule has 0 saturated heterocycles. The average Bonchev–Trinajstić information content (AvgIpc) is 2.72. The molecule has 0 aliphatic rings. The molecule has 7 heteroatoms. The summed E-state index contributed by atoms with van der Waals surface area (Å²) in [6.07, 6.45) is -5.69. The van der Waals surface area contributed by atoms with Crippen molar-refractivity contribution in [3.05, 3.63) is 95.6 Å². The average molecular weight is 396 g/mol. The van der Waals surface area contributed by atoms with Crippen LogP contribution in [0.2, 0.25) is 0 Å². The number of carbonyl (C=O) groups excluding carboxylic acids is 1. The molecule has 0 aliphatic carbocycles. The summed E-state index contributed by atoms with van der Waals surface area (Å²) in [5, 5.41) is 11.7. The normalized spacial score (nSPS) is 11.9. The van der Waals surface area contributed by atoms with E-state index in [2.05, 4.69) is 5.32 Å². The first-order valence-electron chi connectivity index (χ1n) is 8.57. The van der Waals surface area contributed by atoms with Gasteiger partial charge in [0.1, 0.15) is 11.8 Å². The topological polar surface area (TPSA) is 62.1 Å². The highest BCUT2D eigenvalue weighted by molar-refractivity contribution is 5.95. The molecule has 0 aromatic heterocycles. The van der Waals surface area contributed by atoms with Gasteiger partial charge in [0.25, 0.3) is 5.91 Å². The zero-order valence-corrected chi connectivity index (χ0v) is 15.0. The molecule has 0 heterocycles. The van der Waals surface area contributed by atoms with Crippen molar-refractivity contribution in [3.63, 3.8) is 0 Å². The van der Waals surface area contributed by atoms with Crippen LogP contribution < -0.4 is 10.1 Å². The van der Waals surface area contributed by atoms with Gasteiger partial charge in [0.05, 0.1) is 11.1 Å². The number of anilines is 1. The Hall–Kier alpha value is -3.79. The molecule has 0 saturated carbocycles. The largest absolute Gasteiger partial charge is 0.474 e. The van der Waals surface area contributed by atoms with E-state index in [-0.39, 0.29) is 17.0 Å². The first-order valence-corrected chi connectivity index (χ1v) is 8.57. The van der Waals surface area contributed by atoms with Crippen LogP contribution in [0.15, 0.2) is 78.9 Å². The summed E-state index contributed by atoms with van der Waals surface area (Å²) in [5.74, 6) is -0.466. The minimum Gasteiger partial charge on any atom is -0.474 e. The standard InChI is InChI=1S/C22H15F3N2O2/c23-22(24,25)17-10-6-11-18(13-17)27-21(28)20(15-7-2-1-3-8-15)29-19-12-5-4-9-16(19)14-26/h1-13,20H,(H,27,28). The van der Waals surface area contributed by atoms with Crippen LogP contribution in [0, 0.1) is 11.3 Å². The summed E-state index contributed by atoms with van der Waals surface area (Å²) >= 11 is 0. The van der Waals surface area contributed by atoms with Crippen molar-refractivity contribution in [2.45, 2.75) is 12.3 Å². The van der Waals surface area contributed by atoms with Crippen LogP contribution in [0.3, 0.4) is 0 Å². The summed E-state index contributed by atoms with van der Waals surface area (Å²) in [6, 6.07) is 21.2. The molecule has 146 valence electrons. The number of hydrogen-bond acceptors (Lipinski definition) is 3. The van der Waals surface area contributed by atoms with Crippen molar-refractivity contribution in [2.24, 2.45) is 0 Å². The number of nitrogens with one attached hydrogen (secondary N) is 1. The lowest BCUT2D eigenvalue weighted by atomic mass is 10.1. The van der Waals surface area contributed by atoms with Gasteiger partial charge in [0.15, 0.2) is 0 Å². The second-order valence-electron chi connectivity index (χ2n) is 6.08. The Labute approximate surface area is 165 Å². The fourth-order valence-corrected chi connectivity index (χ4v) is 2.67. The minimum absolute atomic E-state index is 0.0112. The molecule has 29 heavy (non-hydrogen) atoms. The van der Waals surface area contributed by atoms with Crippen LogP contribution in [0.25, 0.3) is 0 Å². The zero-order chi connectivity index (χ0) is 20.9. The second-order valence-corrected chi connectivity index (χ2v) is 6.08. The Morgan fingerprint density at radius 2 is 1.66 bits per heavy atom. The highest BCUT2D eigenvalue weighted by Gasteiger charge is 2.31. The number of ether oxygens (including phenoxy) is 1. The van der Waals surface area contributed by atoms with Gasteiger partial charge in [0.2, 0.25) is 6.10 Å². The quantitative estimate of drug-likeness (QED) is 0.634. The fourth-order valence-electron chi connectivity index (χ4n) is 2.67. The van der Waals surface area contributed by atoms with Gasteiger partial charge in [-0.2, -0.15) is 18.4 Å². The van der Waals surface area contributed by atoms with Crippen LogP contribution in [0.1, 0.15) is 22.8 Å². The second kappa shape index (κ2) is 8.48. The first kappa shape index (κ1) is 20.0. The molecule has 3 aromatic carbocycles. The summed E-state index contributed by atoms with van der Waals surface area (Å²) in [7, 11) is 0. The highest BCUT2D eigenvalue weighted by atomic mass is 19.4. The van der Waals surface area contributed by atoms with Gasteiger partial charge in [-0.15, -0.1) is 0 Å². The molecule has 1 N–H and O–H groups in total. The van der Waals surface area contributed by atoms with Crippen LogP contribution in [-0.2, 0) is 11.0 Å². The van der Waals surface area contributed by atoms with Crippen molar-refractivity contribution in [1.82, 2.24) is 0 Å². The van der Waals surface area contributed by atoms with Crippen molar-refractivity contribution >= 4 is 11.6 Å². The van der Waals surface area contributed by atoms with E-state index in [9.17, 15) is 23.2 Å². The molecular weight excluding hydrogens is 381 g/mol. The van der Waals surface area contributed by atoms with Crippen molar-refractivity contribution in [3.8, 4) is 11.8 Å². The predicted octanol–water partition coefficient (Wildman–Crippen LogP) is 5.34. The van der Waals surface area contributed by atoms with Gasteiger partial charge in [-0.1, -0.05) is 48.5 Å². The number of nitriles is 1. The Bertz CT molecular complexity index is 1040. The summed E-state index contributed by atoms with van der Waals surface area (Å²) in [6.45, 7) is 0. The van der Waals surface area contributed by atoms with E-state index in [1.807, 2.05) is 6.07 Å². The lowest BCUT2D eigenvalue weighted by Gasteiger charge is -2.20. The zero-order valence-electron chi connectivity index (χ0n) is 15.0. The molecular formula is C22H15F3N2O2. The number of para-hydroxylation sites is 1. The fraction of sp³-hybridized carbons (Fsp3) is 0.0909. The predicted molar refractivity (Wildman–Crippen MR) is 101 cm³/mol. The number of benzene rings is 3. The molecule has 0 fully saturated rings. The molecule has 3 aromatic rings. The number of amides is 1. The maximum Gasteiger partial charge on any atom is 0.416 e. The minimum atomic E-state index is -4.53. The van der Waals surface area contributed by atoms with Gasteiger partial charge in [-0.05, 0) is 30.3 Å². The Kier molecular flexibility index (Phi) is 5.84. The molecule has 4 nitrogen and oxygen atoms in total. The van der Waals surface area contributed by atoms with Crippen molar-refractivity contribution < 1.29 is 22.7 Å². The lowest BCUT2D eigenvalue weighted by Crippen LogP contribution is -2.26. The first-order chi connectivity index (χ1) is 13.9. The van der Waals surface area contributed by atoms with Crippen LogP contribution in [0.5, 0.6) is 5.75 Å². The molecule has 1 atom stereocenters. The monoisotopic (exact) mass is 396 g/mol. The SMILES string of the molecule is N#Cc1ccccc1OC(C(=O)Nc1cccc(C(F)(F)F)c1)c1ccccc1. The lowest BCUT2D eigenvalue weighted by molar-refractivity contribution is -0.137. The van der Waals surface area contributed by atoms with Gasteiger partial charge >= 0.3 is 6.18 Å². The third-order valence-electron chi connectivity index (χ3n) is 4.05. The number of nitrogens with zero attached hydrogens (tertiary/aromatic N) is 1. The van der Waals surface area contributed by atoms with Crippen molar-refractivity contribution in [2.75, 3.05) is 5.32 Å². The molecule has 0 aliphatic heterocycles. The van der Waals surface area contributed by atoms with E-state index >= 15 is 0 Å². The molecule has 0 spiro atoms. The molecule has 1 amide bonds. The van der Waals surface area contributed by atoms with Crippen LogP contribution >= 0.6 is 0 Å². The van der Waals surface area contributed by atoms with E-state index in [4.69, 9.17) is 4.74 Å². The number of halogens is 3. The van der Waals surface area contributed by atoms with E-state index < -0.39 is 23.8 Å². The smallest absolute Gasteiger partial charge is 0.416 e. The Morgan fingerprint density at radius 3 is 2.34 bits per heavy atom. The summed E-state index contributed by atoms with van der Waals surface area (Å²) < 4.78 is 44.6. The van der Waals surface area contributed by atoms with Crippen LogP contribution in [-0.4, -0.2) is 5.91 Å². The molecule has 3 rings (SSSR count). The third-order valence-corrected chi connectivity index (χ3v) is 4.05. The van der Waals surface area contributed by atoms with E-state index in [1.54, 1.807) is 54.6 Å². The van der Waals surface area contributed by atoms with E-state index in [0.29, 0.717) is 5.56 Å². The third kappa shape index (κ3) is 4.93. The van der Waals surface area contributed by atoms with Gasteiger partial charge in [0, 0.05) is 11.3 Å². The summed E-state index contributed by atoms with van der Waals surface area (Å²) in [5.41, 5.74) is -0.157. The Balaban J connectivity index is 1.91. The summed E-state index contributed by atoms with van der Waals surface area (Å²) in [4.78, 5) is 12.9. The van der Waals surface area contributed by atoms with Crippen LogP contribution in [0.4, 0.5) is 18.9 Å². The number of alkyl halides is 3. The number of rotatable bonds is 5. The van der Waals surface area contributed by atoms with E-state index in [0.717, 1.165) is 12.1 Å². The molecule has 1 unspecified atom stereocenters. The van der Waals surface area contributed by atoms with Gasteiger partial charge < -0.3 is 10.1 Å². The van der Waals surface area contributed by atoms with Crippen molar-refractivity contribution in [1.29, 1.82) is 5.26 Å².